The first-order chi connectivity index (χ1) is 5.65. The normalized spacial score (nSPS) is 9.50. The van der Waals surface area contributed by atoms with Crippen LogP contribution in [0, 0.1) is 0 Å². The summed E-state index contributed by atoms with van der Waals surface area (Å²) in [7, 11) is 1.24. The molecular formula is C7H6BrNO3. The van der Waals surface area contributed by atoms with E-state index >= 15 is 0 Å². The lowest BCUT2D eigenvalue weighted by molar-refractivity contribution is 0.0597. The molecule has 0 bridgehead atoms. The highest BCUT2D eigenvalue weighted by molar-refractivity contribution is 9.10. The van der Waals surface area contributed by atoms with Crippen molar-refractivity contribution in [3.05, 3.63) is 22.4 Å². The van der Waals surface area contributed by atoms with Gasteiger partial charge in [-0.3, -0.25) is 0 Å². The van der Waals surface area contributed by atoms with Crippen molar-refractivity contribution in [3.63, 3.8) is 0 Å². The lowest BCUT2D eigenvalue weighted by Gasteiger charge is -2.00. The van der Waals surface area contributed by atoms with Crippen molar-refractivity contribution in [3.8, 4) is 5.75 Å². The molecule has 1 aromatic rings. The number of ether oxygens (including phenoxy) is 1. The molecule has 1 aromatic heterocycles. The van der Waals surface area contributed by atoms with Crippen LogP contribution < -0.4 is 0 Å². The zero-order valence-electron chi connectivity index (χ0n) is 6.24. The van der Waals surface area contributed by atoms with Crippen LogP contribution in [0.2, 0.25) is 0 Å². The monoisotopic (exact) mass is 231 g/mol. The topological polar surface area (TPSA) is 59.4 Å². The van der Waals surface area contributed by atoms with Crippen LogP contribution in [0.5, 0.6) is 5.75 Å². The fourth-order valence-electron chi connectivity index (χ4n) is 0.687. The molecule has 1 heterocycles. The van der Waals surface area contributed by atoms with Gasteiger partial charge in [0.15, 0.2) is 0 Å². The smallest absolute Gasteiger partial charge is 0.343 e. The van der Waals surface area contributed by atoms with Crippen LogP contribution in [0.1, 0.15) is 10.4 Å². The molecule has 0 aliphatic carbocycles. The first-order valence-electron chi connectivity index (χ1n) is 3.08. The predicted molar refractivity (Wildman–Crippen MR) is 44.9 cm³/mol. The minimum Gasteiger partial charge on any atom is -0.507 e. The number of aromatic nitrogens is 1. The molecule has 4 nitrogen and oxygen atoms in total. The Morgan fingerprint density at radius 2 is 2.42 bits per heavy atom. The number of pyridine rings is 1. The van der Waals surface area contributed by atoms with Gasteiger partial charge in [0.1, 0.15) is 15.9 Å². The molecule has 0 aliphatic heterocycles. The van der Waals surface area contributed by atoms with Crippen LogP contribution in [0.4, 0.5) is 0 Å². The molecule has 0 atom stereocenters. The molecule has 0 unspecified atom stereocenters. The van der Waals surface area contributed by atoms with E-state index in [2.05, 4.69) is 25.7 Å². The average molecular weight is 232 g/mol. The van der Waals surface area contributed by atoms with Crippen molar-refractivity contribution in [1.29, 1.82) is 0 Å². The molecule has 1 rings (SSSR count). The molecule has 0 aromatic carbocycles. The molecule has 5 heteroatoms. The molecule has 0 saturated carbocycles. The third-order valence-electron chi connectivity index (χ3n) is 1.25. The minimum atomic E-state index is -0.604. The van der Waals surface area contributed by atoms with Gasteiger partial charge in [0, 0.05) is 12.3 Å². The highest BCUT2D eigenvalue weighted by atomic mass is 79.9. The summed E-state index contributed by atoms with van der Waals surface area (Å²) in [6, 6.07) is 1.33. The van der Waals surface area contributed by atoms with Crippen molar-refractivity contribution in [2.24, 2.45) is 0 Å². The summed E-state index contributed by atoms with van der Waals surface area (Å²) in [6.45, 7) is 0. The number of aromatic hydroxyl groups is 1. The quantitative estimate of drug-likeness (QED) is 0.586. The summed E-state index contributed by atoms with van der Waals surface area (Å²) in [6.07, 6.45) is 1.24. The first-order valence-corrected chi connectivity index (χ1v) is 3.87. The van der Waals surface area contributed by atoms with Crippen molar-refractivity contribution in [2.45, 2.75) is 0 Å². The van der Waals surface area contributed by atoms with Gasteiger partial charge in [-0.05, 0) is 15.9 Å². The van der Waals surface area contributed by atoms with E-state index in [0.717, 1.165) is 0 Å². The van der Waals surface area contributed by atoms with Gasteiger partial charge in [0.2, 0.25) is 0 Å². The number of hydrogen-bond acceptors (Lipinski definition) is 4. The zero-order valence-corrected chi connectivity index (χ0v) is 7.83. The molecule has 0 radical (unpaired) electrons. The van der Waals surface area contributed by atoms with Gasteiger partial charge >= 0.3 is 5.97 Å². The second-order valence-electron chi connectivity index (χ2n) is 2.02. The highest BCUT2D eigenvalue weighted by Gasteiger charge is 2.11. The fraction of sp³-hybridized carbons (Fsp3) is 0.143. The number of halogens is 1. The van der Waals surface area contributed by atoms with E-state index in [1.165, 1.54) is 19.4 Å². The largest absolute Gasteiger partial charge is 0.507 e. The van der Waals surface area contributed by atoms with Crippen LogP contribution >= 0.6 is 15.9 Å². The number of esters is 1. The van der Waals surface area contributed by atoms with Gasteiger partial charge in [0.25, 0.3) is 0 Å². The highest BCUT2D eigenvalue weighted by Crippen LogP contribution is 2.20. The second kappa shape index (κ2) is 3.53. The molecule has 64 valence electrons. The van der Waals surface area contributed by atoms with Crippen LogP contribution in [0.3, 0.4) is 0 Å². The fourth-order valence-corrected chi connectivity index (χ4v) is 1.01. The third kappa shape index (κ3) is 1.73. The molecule has 0 aliphatic rings. The third-order valence-corrected chi connectivity index (χ3v) is 1.69. The summed E-state index contributed by atoms with van der Waals surface area (Å²) in [5.74, 6) is -0.753. The molecule has 12 heavy (non-hydrogen) atoms. The van der Waals surface area contributed by atoms with E-state index in [4.69, 9.17) is 0 Å². The van der Waals surface area contributed by atoms with Crippen molar-refractivity contribution in [1.82, 2.24) is 4.98 Å². The van der Waals surface area contributed by atoms with E-state index in [1.807, 2.05) is 0 Å². The van der Waals surface area contributed by atoms with Gasteiger partial charge in [-0.2, -0.15) is 0 Å². The molecule has 0 spiro atoms. The SMILES string of the molecule is COC(=O)c1cnc(Br)cc1O. The number of carbonyl (C=O) groups excluding carboxylic acids is 1. The summed E-state index contributed by atoms with van der Waals surface area (Å²) in [4.78, 5) is 14.7. The number of methoxy groups -OCH3 is 1. The number of carbonyl (C=O) groups is 1. The maximum absolute atomic E-state index is 10.9. The Labute approximate surface area is 77.3 Å². The zero-order chi connectivity index (χ0) is 9.14. The predicted octanol–water partition coefficient (Wildman–Crippen LogP) is 1.34. The molecule has 1 N–H and O–H groups in total. The van der Waals surface area contributed by atoms with Crippen LogP contribution in [-0.4, -0.2) is 23.2 Å². The lowest BCUT2D eigenvalue weighted by atomic mass is 10.3. The Kier molecular flexibility index (Phi) is 2.65. The van der Waals surface area contributed by atoms with E-state index in [9.17, 15) is 9.90 Å². The first kappa shape index (κ1) is 8.99. The summed E-state index contributed by atoms with van der Waals surface area (Å²) < 4.78 is 4.87. The van der Waals surface area contributed by atoms with Crippen LogP contribution in [0.25, 0.3) is 0 Å². The van der Waals surface area contributed by atoms with Crippen LogP contribution in [0.15, 0.2) is 16.9 Å². The maximum Gasteiger partial charge on any atom is 0.343 e. The second-order valence-corrected chi connectivity index (χ2v) is 2.83. The van der Waals surface area contributed by atoms with Gasteiger partial charge < -0.3 is 9.84 Å². The molecule has 0 saturated heterocycles. The van der Waals surface area contributed by atoms with Crippen molar-refractivity contribution < 1.29 is 14.6 Å². The Hall–Kier alpha value is -1.10. The number of nitrogens with zero attached hydrogens (tertiary/aromatic N) is 1. The van der Waals surface area contributed by atoms with Crippen LogP contribution in [-0.2, 0) is 4.74 Å². The van der Waals surface area contributed by atoms with E-state index in [1.54, 1.807) is 0 Å². The Bertz CT molecular complexity index is 314. The van der Waals surface area contributed by atoms with Gasteiger partial charge in [-0.25, -0.2) is 9.78 Å². The van der Waals surface area contributed by atoms with E-state index in [0.29, 0.717) is 4.60 Å². The Morgan fingerprint density at radius 3 is 2.92 bits per heavy atom. The summed E-state index contributed by atoms with van der Waals surface area (Å²) in [5.41, 5.74) is 0.0562. The number of rotatable bonds is 1. The van der Waals surface area contributed by atoms with Crippen molar-refractivity contribution >= 4 is 21.9 Å². The summed E-state index contributed by atoms with van der Waals surface area (Å²) >= 11 is 3.04. The maximum atomic E-state index is 10.9. The molecule has 0 amide bonds. The Balaban J connectivity index is 3.09. The average Bonchev–Trinajstić information content (AvgIpc) is 2.03. The minimum absolute atomic E-state index is 0.0562. The Morgan fingerprint density at radius 1 is 1.75 bits per heavy atom. The number of hydrogen-bond donors (Lipinski definition) is 1. The van der Waals surface area contributed by atoms with Crippen molar-refractivity contribution in [2.75, 3.05) is 7.11 Å². The van der Waals surface area contributed by atoms with Gasteiger partial charge in [-0.15, -0.1) is 0 Å². The standard InChI is InChI=1S/C7H6BrNO3/c1-12-7(11)4-3-9-6(8)2-5(4)10/h2-3H,1H3,(H,9,10). The molecular weight excluding hydrogens is 226 g/mol. The van der Waals surface area contributed by atoms with E-state index < -0.39 is 5.97 Å². The van der Waals surface area contributed by atoms with E-state index in [-0.39, 0.29) is 11.3 Å². The van der Waals surface area contributed by atoms with Gasteiger partial charge in [0.05, 0.1) is 7.11 Å². The molecule has 0 fully saturated rings. The summed E-state index contributed by atoms with van der Waals surface area (Å²) in [5, 5.41) is 9.22. The lowest BCUT2D eigenvalue weighted by Crippen LogP contribution is -2.01. The van der Waals surface area contributed by atoms with Gasteiger partial charge in [-0.1, -0.05) is 0 Å².